The van der Waals surface area contributed by atoms with E-state index in [2.05, 4.69) is 4.98 Å². The molecule has 1 aromatic rings. The summed E-state index contributed by atoms with van der Waals surface area (Å²) >= 11 is 0. The van der Waals surface area contributed by atoms with Crippen LogP contribution in [0.5, 0.6) is 0 Å². The molecule has 1 aromatic heterocycles. The molecule has 0 unspecified atom stereocenters. The Morgan fingerprint density at radius 1 is 1.36 bits per heavy atom. The van der Waals surface area contributed by atoms with E-state index in [1.165, 1.54) is 0 Å². The molecule has 0 radical (unpaired) electrons. The van der Waals surface area contributed by atoms with Crippen LogP contribution in [0.15, 0.2) is 36.5 Å². The number of hydrogen-bond acceptors (Lipinski definition) is 2. The van der Waals surface area contributed by atoms with Crippen LogP contribution in [0.1, 0.15) is 18.5 Å². The molecule has 1 aliphatic rings. The molecule has 3 nitrogen and oxygen atoms in total. The van der Waals surface area contributed by atoms with Crippen LogP contribution in [0.25, 0.3) is 0 Å². The van der Waals surface area contributed by atoms with Gasteiger partial charge in [0.2, 0.25) is 5.91 Å². The quantitative estimate of drug-likeness (QED) is 0.708. The van der Waals surface area contributed by atoms with Gasteiger partial charge >= 0.3 is 0 Å². The average molecular weight is 188 g/mol. The summed E-state index contributed by atoms with van der Waals surface area (Å²) in [5.74, 6) is -0.291. The molecule has 0 bridgehead atoms. The summed E-state index contributed by atoms with van der Waals surface area (Å²) in [5, 5.41) is 0. The highest BCUT2D eigenvalue weighted by Crippen LogP contribution is 2.35. The van der Waals surface area contributed by atoms with Crippen molar-refractivity contribution < 1.29 is 4.79 Å². The number of allylic oxidation sites excluding steroid dienone is 2. The van der Waals surface area contributed by atoms with Crippen LogP contribution in [0.3, 0.4) is 0 Å². The lowest BCUT2D eigenvalue weighted by atomic mass is 9.81. The van der Waals surface area contributed by atoms with Gasteiger partial charge < -0.3 is 5.73 Å². The lowest BCUT2D eigenvalue weighted by Gasteiger charge is -2.24. The number of nitrogens with zero attached hydrogens (tertiary/aromatic N) is 1. The second kappa shape index (κ2) is 3.25. The van der Waals surface area contributed by atoms with Crippen molar-refractivity contribution in [1.82, 2.24) is 4.98 Å². The lowest BCUT2D eigenvalue weighted by molar-refractivity contribution is -0.123. The Hall–Kier alpha value is -1.64. The summed E-state index contributed by atoms with van der Waals surface area (Å²) in [5.41, 5.74) is 5.63. The van der Waals surface area contributed by atoms with Crippen LogP contribution >= 0.6 is 0 Å². The van der Waals surface area contributed by atoms with Crippen LogP contribution in [-0.4, -0.2) is 10.9 Å². The molecular formula is C11H12N2O. The monoisotopic (exact) mass is 188 g/mol. The van der Waals surface area contributed by atoms with Crippen molar-refractivity contribution >= 4 is 5.91 Å². The second-order valence-corrected chi connectivity index (χ2v) is 3.54. The van der Waals surface area contributed by atoms with Crippen LogP contribution < -0.4 is 5.73 Å². The highest BCUT2D eigenvalue weighted by Gasteiger charge is 2.39. The lowest BCUT2D eigenvalue weighted by Crippen LogP contribution is -2.39. The highest BCUT2D eigenvalue weighted by atomic mass is 16.1. The zero-order chi connectivity index (χ0) is 10.0. The summed E-state index contributed by atoms with van der Waals surface area (Å²) in [6.07, 6.45) is 7.00. The van der Waals surface area contributed by atoms with Crippen LogP contribution in [0.4, 0.5) is 0 Å². The standard InChI is InChI=1S/C11H12N2O/c12-10(14)11(6-2-3-7-11)9-5-1-4-8-13-9/h1-5,8H,6-7H2,(H2,12,14). The molecule has 1 heterocycles. The fourth-order valence-electron chi connectivity index (χ4n) is 1.83. The van der Waals surface area contributed by atoms with E-state index in [0.717, 1.165) is 5.69 Å². The van der Waals surface area contributed by atoms with Gasteiger partial charge in [0.25, 0.3) is 0 Å². The summed E-state index contributed by atoms with van der Waals surface area (Å²) in [6.45, 7) is 0. The minimum Gasteiger partial charge on any atom is -0.369 e. The molecule has 72 valence electrons. The van der Waals surface area contributed by atoms with Crippen molar-refractivity contribution in [2.45, 2.75) is 18.3 Å². The topological polar surface area (TPSA) is 56.0 Å². The van der Waals surface area contributed by atoms with Gasteiger partial charge in [0.15, 0.2) is 0 Å². The van der Waals surface area contributed by atoms with Gasteiger partial charge in [-0.1, -0.05) is 18.2 Å². The molecule has 0 fully saturated rings. The van der Waals surface area contributed by atoms with Gasteiger partial charge in [-0.2, -0.15) is 0 Å². The number of pyridine rings is 1. The number of primary amides is 1. The van der Waals surface area contributed by atoms with Crippen LogP contribution in [0, 0.1) is 0 Å². The zero-order valence-electron chi connectivity index (χ0n) is 7.81. The van der Waals surface area contributed by atoms with Crippen molar-refractivity contribution in [3.8, 4) is 0 Å². The molecular weight excluding hydrogens is 176 g/mol. The van der Waals surface area contributed by atoms with Crippen LogP contribution in [0.2, 0.25) is 0 Å². The molecule has 0 aromatic carbocycles. The molecule has 2 N–H and O–H groups in total. The molecule has 0 aliphatic heterocycles. The molecule has 0 saturated carbocycles. The predicted octanol–water partition coefficient (Wildman–Crippen LogP) is 1.15. The summed E-state index contributed by atoms with van der Waals surface area (Å²) in [4.78, 5) is 15.7. The molecule has 1 amide bonds. The second-order valence-electron chi connectivity index (χ2n) is 3.54. The van der Waals surface area contributed by atoms with E-state index in [4.69, 9.17) is 5.73 Å². The largest absolute Gasteiger partial charge is 0.369 e. The number of rotatable bonds is 2. The van der Waals surface area contributed by atoms with Gasteiger partial charge in [0.05, 0.1) is 11.1 Å². The third-order valence-corrected chi connectivity index (χ3v) is 2.73. The third kappa shape index (κ3) is 1.21. The molecule has 2 rings (SSSR count). The number of carbonyl (C=O) groups excluding carboxylic acids is 1. The minimum absolute atomic E-state index is 0.291. The summed E-state index contributed by atoms with van der Waals surface area (Å²) in [7, 11) is 0. The predicted molar refractivity (Wildman–Crippen MR) is 53.5 cm³/mol. The average Bonchev–Trinajstić information content (AvgIpc) is 2.69. The van der Waals surface area contributed by atoms with Gasteiger partial charge in [-0.25, -0.2) is 0 Å². The van der Waals surface area contributed by atoms with Gasteiger partial charge in [-0.15, -0.1) is 0 Å². The smallest absolute Gasteiger partial charge is 0.230 e. The number of nitrogens with two attached hydrogens (primary N) is 1. The SMILES string of the molecule is NC(=O)C1(c2ccccn2)CC=CC1. The molecule has 3 heteroatoms. The molecule has 1 aliphatic carbocycles. The highest BCUT2D eigenvalue weighted by molar-refractivity contribution is 5.87. The number of carbonyl (C=O) groups is 1. The zero-order valence-corrected chi connectivity index (χ0v) is 7.81. The van der Waals surface area contributed by atoms with E-state index in [1.54, 1.807) is 6.20 Å². The van der Waals surface area contributed by atoms with Crippen molar-refractivity contribution in [1.29, 1.82) is 0 Å². The van der Waals surface area contributed by atoms with E-state index in [-0.39, 0.29) is 5.91 Å². The third-order valence-electron chi connectivity index (χ3n) is 2.73. The first-order valence-corrected chi connectivity index (χ1v) is 4.62. The maximum absolute atomic E-state index is 11.5. The minimum atomic E-state index is -0.596. The van der Waals surface area contributed by atoms with Gasteiger partial charge in [0.1, 0.15) is 0 Å². The maximum Gasteiger partial charge on any atom is 0.230 e. The molecule has 0 saturated heterocycles. The Kier molecular flexibility index (Phi) is 2.08. The molecule has 14 heavy (non-hydrogen) atoms. The Balaban J connectivity index is 2.43. The fourth-order valence-corrected chi connectivity index (χ4v) is 1.83. The van der Waals surface area contributed by atoms with E-state index in [0.29, 0.717) is 12.8 Å². The Morgan fingerprint density at radius 2 is 2.07 bits per heavy atom. The van der Waals surface area contributed by atoms with E-state index in [9.17, 15) is 4.79 Å². The normalized spacial score (nSPS) is 18.3. The Morgan fingerprint density at radius 3 is 2.57 bits per heavy atom. The summed E-state index contributed by atoms with van der Waals surface area (Å²) < 4.78 is 0. The fraction of sp³-hybridized carbons (Fsp3) is 0.273. The first-order valence-electron chi connectivity index (χ1n) is 4.62. The van der Waals surface area contributed by atoms with Crippen LogP contribution in [-0.2, 0) is 10.2 Å². The number of aromatic nitrogens is 1. The summed E-state index contributed by atoms with van der Waals surface area (Å²) in [6, 6.07) is 5.57. The first kappa shape index (κ1) is 8.94. The van der Waals surface area contributed by atoms with E-state index < -0.39 is 5.41 Å². The van der Waals surface area contributed by atoms with Crippen molar-refractivity contribution in [3.63, 3.8) is 0 Å². The van der Waals surface area contributed by atoms with Crippen molar-refractivity contribution in [2.75, 3.05) is 0 Å². The van der Waals surface area contributed by atoms with E-state index >= 15 is 0 Å². The molecule has 0 spiro atoms. The Labute approximate surface area is 82.6 Å². The maximum atomic E-state index is 11.5. The first-order chi connectivity index (χ1) is 6.76. The molecule has 0 atom stereocenters. The Bertz CT molecular complexity index is 362. The number of amides is 1. The van der Waals surface area contributed by atoms with Crippen molar-refractivity contribution in [2.24, 2.45) is 5.73 Å². The van der Waals surface area contributed by atoms with Gasteiger partial charge in [0, 0.05) is 6.20 Å². The number of hydrogen-bond donors (Lipinski definition) is 1. The van der Waals surface area contributed by atoms with Gasteiger partial charge in [-0.3, -0.25) is 9.78 Å². The van der Waals surface area contributed by atoms with E-state index in [1.807, 2.05) is 30.4 Å². The van der Waals surface area contributed by atoms with Crippen molar-refractivity contribution in [3.05, 3.63) is 42.2 Å². The van der Waals surface area contributed by atoms with Gasteiger partial charge in [-0.05, 0) is 25.0 Å².